The Balaban J connectivity index is -0.000000517. The molecule has 0 heterocycles. The fourth-order valence-corrected chi connectivity index (χ4v) is 1.10. The molecule has 172 valence electrons. The number of aliphatic hydroxyl groups excluding tert-OH is 1. The van der Waals surface area contributed by atoms with Crippen LogP contribution < -0.4 is 0 Å². The zero-order valence-electron chi connectivity index (χ0n) is 25.7. The van der Waals surface area contributed by atoms with E-state index < -0.39 is 74.4 Å². The van der Waals surface area contributed by atoms with Crippen LogP contribution in [0, 0.1) is 0 Å². The number of carboxylic acids is 1. The Morgan fingerprint density at radius 3 is 1.62 bits per heavy atom. The summed E-state index contributed by atoms with van der Waals surface area (Å²) in [6.07, 6.45) is -12.1. The Labute approximate surface area is 184 Å². The second-order valence-corrected chi connectivity index (χ2v) is 4.95. The van der Waals surface area contributed by atoms with Gasteiger partial charge in [-0.1, -0.05) is 26.6 Å². The van der Waals surface area contributed by atoms with Crippen molar-refractivity contribution in [3.63, 3.8) is 0 Å². The van der Waals surface area contributed by atoms with E-state index >= 15 is 0 Å². The Bertz CT molecular complexity index is 732. The fraction of sp³-hybridized carbons (Fsp3) is 0.800. The van der Waals surface area contributed by atoms with Gasteiger partial charge in [0.1, 0.15) is 6.10 Å². The van der Waals surface area contributed by atoms with E-state index in [-0.39, 0.29) is 6.61 Å². The number of aliphatic hydroxyl groups is 1. The number of carbonyl (C=O) groups excluding carboxylic acids is 3. The summed E-state index contributed by atoms with van der Waals surface area (Å²) in [5.74, 6) is -4.22. The standard InChI is InChI=1S/C10H18O4.C5H10O3.C5H10O2/c1-4-6-7-9(11)14-8(3)10(12)13-5-2;1-3-8-5(7)4(2)6;1-2-3-4-5(6)7/h8H,4-7H2,1-3H3;4,6H,3H2,1-2H3;2-4H2,1H3,(H,6,7)/t8-;4-;/m00./s1/i4D2,7D2;;2D2,4D2. The third-order valence-electron chi connectivity index (χ3n) is 2.36. The number of carbonyl (C=O) groups is 4. The van der Waals surface area contributed by atoms with E-state index in [1.165, 1.54) is 13.8 Å². The maximum absolute atomic E-state index is 11.5. The molecule has 2 N–H and O–H groups in total. The van der Waals surface area contributed by atoms with Gasteiger partial charge in [-0.25, -0.2) is 9.59 Å². The van der Waals surface area contributed by atoms with Crippen molar-refractivity contribution in [1.82, 2.24) is 0 Å². The summed E-state index contributed by atoms with van der Waals surface area (Å²) in [5.41, 5.74) is 0. The maximum atomic E-state index is 11.5. The van der Waals surface area contributed by atoms with Crippen molar-refractivity contribution in [2.45, 2.75) is 92.1 Å². The Morgan fingerprint density at radius 1 is 0.862 bits per heavy atom. The van der Waals surface area contributed by atoms with Crippen LogP contribution in [0.4, 0.5) is 0 Å². The number of aliphatic carboxylic acids is 1. The van der Waals surface area contributed by atoms with E-state index in [0.29, 0.717) is 6.61 Å². The number of hydrogen-bond donors (Lipinski definition) is 2. The molecule has 0 aliphatic heterocycles. The lowest BCUT2D eigenvalue weighted by Gasteiger charge is -2.11. The topological polar surface area (TPSA) is 136 Å². The van der Waals surface area contributed by atoms with E-state index in [4.69, 9.17) is 21.2 Å². The van der Waals surface area contributed by atoms with Crippen LogP contribution in [-0.2, 0) is 33.4 Å². The number of esters is 3. The average Bonchev–Trinajstić information content (AvgIpc) is 2.65. The molecule has 0 radical (unpaired) electrons. The molecular weight excluding hydrogens is 384 g/mol. The summed E-state index contributed by atoms with van der Waals surface area (Å²) in [6, 6.07) is 0. The SMILES string of the molecule is CCOC(=O)[C@H](C)O.[2H]C([2H])(C)CC([2H])([2H])C(=O)O.[2H]C([2H])(C)CC([2H])([2H])C(=O)O[C@@H](C)C(=O)OCC. The summed E-state index contributed by atoms with van der Waals surface area (Å²) in [7, 11) is 0. The first-order valence-electron chi connectivity index (χ1n) is 12.8. The van der Waals surface area contributed by atoms with Crippen molar-refractivity contribution in [3.05, 3.63) is 0 Å². The molecule has 0 fully saturated rings. The van der Waals surface area contributed by atoms with Crippen molar-refractivity contribution in [3.8, 4) is 0 Å². The normalized spacial score (nSPS) is 17.5. The number of hydrogen-bond acceptors (Lipinski definition) is 8. The minimum atomic E-state index is -2.49. The molecule has 0 aliphatic carbocycles. The Hall–Kier alpha value is -2.16. The highest BCUT2D eigenvalue weighted by molar-refractivity contribution is 5.78. The molecule has 0 unspecified atom stereocenters. The van der Waals surface area contributed by atoms with Crippen LogP contribution in [0.3, 0.4) is 0 Å². The highest BCUT2D eigenvalue weighted by Gasteiger charge is 2.18. The first-order valence-corrected chi connectivity index (χ1v) is 8.78. The molecule has 0 saturated heterocycles. The number of ether oxygens (including phenoxy) is 3. The van der Waals surface area contributed by atoms with Gasteiger partial charge in [0.05, 0.1) is 13.2 Å². The second kappa shape index (κ2) is 22.1. The van der Waals surface area contributed by atoms with Crippen LogP contribution >= 0.6 is 0 Å². The predicted octanol–water partition coefficient (Wildman–Crippen LogP) is 2.86. The Morgan fingerprint density at radius 2 is 1.31 bits per heavy atom. The van der Waals surface area contributed by atoms with Gasteiger partial charge in [0.25, 0.3) is 0 Å². The molecule has 9 heteroatoms. The van der Waals surface area contributed by atoms with E-state index in [0.717, 1.165) is 13.8 Å². The lowest BCUT2D eigenvalue weighted by Crippen LogP contribution is -2.26. The maximum Gasteiger partial charge on any atom is 0.347 e. The lowest BCUT2D eigenvalue weighted by atomic mass is 10.2. The van der Waals surface area contributed by atoms with Crippen molar-refractivity contribution >= 4 is 23.9 Å². The molecule has 2 atom stereocenters. The van der Waals surface area contributed by atoms with Crippen LogP contribution in [0.1, 0.15) is 90.8 Å². The molecule has 0 bridgehead atoms. The molecular formula is C20H38O9. The zero-order chi connectivity index (χ0) is 30.4. The van der Waals surface area contributed by atoms with Gasteiger partial charge >= 0.3 is 23.9 Å². The molecule has 0 aromatic heterocycles. The van der Waals surface area contributed by atoms with Crippen LogP contribution in [0.25, 0.3) is 0 Å². The number of rotatable bonds is 11. The van der Waals surface area contributed by atoms with Crippen molar-refractivity contribution < 1.29 is 54.6 Å². The lowest BCUT2D eigenvalue weighted by molar-refractivity contribution is -0.166. The third kappa shape index (κ3) is 25.8. The zero-order valence-corrected chi connectivity index (χ0v) is 17.7. The van der Waals surface area contributed by atoms with E-state index in [1.807, 2.05) is 0 Å². The molecule has 0 amide bonds. The van der Waals surface area contributed by atoms with Crippen molar-refractivity contribution in [2.75, 3.05) is 13.2 Å². The van der Waals surface area contributed by atoms with E-state index in [2.05, 4.69) is 14.2 Å². The van der Waals surface area contributed by atoms with E-state index in [1.54, 1.807) is 13.8 Å². The highest BCUT2D eigenvalue weighted by Crippen LogP contribution is 2.01. The van der Waals surface area contributed by atoms with E-state index in [9.17, 15) is 19.2 Å². The van der Waals surface area contributed by atoms with Gasteiger partial charge in [0.15, 0.2) is 6.10 Å². The summed E-state index contributed by atoms with van der Waals surface area (Å²) >= 11 is 0. The molecule has 0 rings (SSSR count). The van der Waals surface area contributed by atoms with Gasteiger partial charge in [-0.3, -0.25) is 9.59 Å². The van der Waals surface area contributed by atoms with Crippen LogP contribution in [0.15, 0.2) is 0 Å². The molecule has 0 saturated carbocycles. The van der Waals surface area contributed by atoms with Crippen LogP contribution in [0.2, 0.25) is 0 Å². The number of carboxylic acid groups (broad SMARTS) is 1. The monoisotopic (exact) mass is 430 g/mol. The molecule has 0 aliphatic rings. The quantitative estimate of drug-likeness (QED) is 0.374. The molecule has 9 nitrogen and oxygen atoms in total. The summed E-state index contributed by atoms with van der Waals surface area (Å²) in [5, 5.41) is 16.7. The minimum Gasteiger partial charge on any atom is -0.481 e. The molecule has 29 heavy (non-hydrogen) atoms. The largest absolute Gasteiger partial charge is 0.481 e. The third-order valence-corrected chi connectivity index (χ3v) is 2.36. The van der Waals surface area contributed by atoms with Crippen LogP contribution in [-0.4, -0.2) is 59.5 Å². The molecule has 0 spiro atoms. The predicted molar refractivity (Wildman–Crippen MR) is 107 cm³/mol. The van der Waals surface area contributed by atoms with Gasteiger partial charge in [-0.15, -0.1) is 0 Å². The summed E-state index contributed by atoms with van der Waals surface area (Å²) in [4.78, 5) is 43.1. The first kappa shape index (κ1) is 17.7. The van der Waals surface area contributed by atoms with Gasteiger partial charge < -0.3 is 24.4 Å². The van der Waals surface area contributed by atoms with Gasteiger partial charge in [-0.05, 0) is 40.5 Å². The smallest absolute Gasteiger partial charge is 0.347 e. The van der Waals surface area contributed by atoms with Crippen molar-refractivity contribution in [1.29, 1.82) is 0 Å². The highest BCUT2D eigenvalue weighted by atomic mass is 16.6. The fourth-order valence-electron chi connectivity index (χ4n) is 1.10. The summed E-state index contributed by atoms with van der Waals surface area (Å²) in [6.45, 7) is 8.69. The van der Waals surface area contributed by atoms with Gasteiger partial charge in [0, 0.05) is 23.7 Å². The minimum absolute atomic E-state index is 0.130. The van der Waals surface area contributed by atoms with Crippen molar-refractivity contribution in [2.24, 2.45) is 0 Å². The Kier molecular flexibility index (Phi) is 13.5. The van der Waals surface area contributed by atoms with Crippen LogP contribution in [0.5, 0.6) is 0 Å². The average molecular weight is 431 g/mol. The van der Waals surface area contributed by atoms with Gasteiger partial charge in [0.2, 0.25) is 0 Å². The molecule has 0 aromatic rings. The molecule has 0 aromatic carbocycles. The first-order chi connectivity index (χ1) is 16.3. The van der Waals surface area contributed by atoms with Gasteiger partial charge in [-0.2, -0.15) is 0 Å². The second-order valence-electron chi connectivity index (χ2n) is 4.95. The summed E-state index contributed by atoms with van der Waals surface area (Å²) < 4.78 is 70.6.